The monoisotopic (exact) mass is 297 g/mol. The van der Waals surface area contributed by atoms with E-state index in [1.807, 2.05) is 0 Å². The van der Waals surface area contributed by atoms with Crippen molar-refractivity contribution in [2.24, 2.45) is 5.92 Å². The summed E-state index contributed by atoms with van der Waals surface area (Å²) in [5.41, 5.74) is 0. The van der Waals surface area contributed by atoms with Crippen LogP contribution in [0.15, 0.2) is 0 Å². The van der Waals surface area contributed by atoms with E-state index in [4.69, 9.17) is 0 Å². The normalized spacial score (nSPS) is 22.9. The summed E-state index contributed by atoms with van der Waals surface area (Å²) in [5.74, 6) is 0.427. The molecule has 1 amide bonds. The number of piperidine rings is 1. The molecule has 1 unspecified atom stereocenters. The zero-order chi connectivity index (χ0) is 11.4. The highest BCUT2D eigenvalue weighted by Gasteiger charge is 2.26. The number of rotatable bonds is 5. The number of hydrogen-bond acceptors (Lipinski definition) is 3. The summed E-state index contributed by atoms with van der Waals surface area (Å²) in [6.07, 6.45) is 4.82. The molecule has 18 heavy (non-hydrogen) atoms. The molecule has 2 N–H and O–H groups in total. The molecule has 0 spiro atoms. The Morgan fingerprint density at radius 3 is 2.61 bits per heavy atom. The number of carbonyl (C=O) groups is 1. The van der Waals surface area contributed by atoms with Gasteiger partial charge in [-0.15, -0.1) is 24.8 Å². The van der Waals surface area contributed by atoms with Gasteiger partial charge in [-0.3, -0.25) is 4.79 Å². The summed E-state index contributed by atoms with van der Waals surface area (Å²) in [7, 11) is 2.14. The quantitative estimate of drug-likeness (QED) is 0.797. The molecule has 108 valence electrons. The lowest BCUT2D eigenvalue weighted by Gasteiger charge is -2.22. The number of halogens is 2. The molecular formula is C12H25Cl2N3O. The molecule has 1 aliphatic carbocycles. The van der Waals surface area contributed by atoms with E-state index in [0.29, 0.717) is 0 Å². The van der Waals surface area contributed by atoms with Gasteiger partial charge in [-0.25, -0.2) is 0 Å². The van der Waals surface area contributed by atoms with Crippen molar-refractivity contribution < 1.29 is 4.79 Å². The van der Waals surface area contributed by atoms with Gasteiger partial charge in [0, 0.05) is 25.7 Å². The van der Waals surface area contributed by atoms with Gasteiger partial charge >= 0.3 is 0 Å². The molecule has 0 radical (unpaired) electrons. The van der Waals surface area contributed by atoms with Crippen LogP contribution in [0.5, 0.6) is 0 Å². The number of nitrogens with zero attached hydrogens (tertiary/aromatic N) is 1. The van der Waals surface area contributed by atoms with Gasteiger partial charge in [-0.2, -0.15) is 0 Å². The van der Waals surface area contributed by atoms with E-state index >= 15 is 0 Å². The maximum Gasteiger partial charge on any atom is 0.224 e. The topological polar surface area (TPSA) is 44.4 Å². The van der Waals surface area contributed by atoms with Crippen LogP contribution in [0.25, 0.3) is 0 Å². The minimum absolute atomic E-state index is 0. The predicted molar refractivity (Wildman–Crippen MR) is 78.8 cm³/mol. The fourth-order valence-corrected chi connectivity index (χ4v) is 2.27. The summed E-state index contributed by atoms with van der Waals surface area (Å²) in [5, 5.41) is 6.32. The molecule has 2 fully saturated rings. The predicted octanol–water partition coefficient (Wildman–Crippen LogP) is 1.04. The molecule has 1 saturated carbocycles. The first-order chi connectivity index (χ1) is 7.77. The molecule has 1 atom stereocenters. The van der Waals surface area contributed by atoms with E-state index in [1.165, 1.54) is 12.8 Å². The minimum Gasteiger partial charge on any atom is -0.355 e. The van der Waals surface area contributed by atoms with Gasteiger partial charge in [0.25, 0.3) is 0 Å². The van der Waals surface area contributed by atoms with Crippen LogP contribution in [-0.2, 0) is 4.79 Å². The van der Waals surface area contributed by atoms with Crippen LogP contribution in [0.2, 0.25) is 0 Å². The Hall–Kier alpha value is -0.0300. The maximum absolute atomic E-state index is 11.8. The molecule has 2 aliphatic rings. The third kappa shape index (κ3) is 5.74. The SMILES string of the molecule is CN(CCNC(=O)C1CCCNC1)C1CC1.Cl.Cl. The fraction of sp³-hybridized carbons (Fsp3) is 0.917. The summed E-state index contributed by atoms with van der Waals surface area (Å²) in [6.45, 7) is 3.69. The lowest BCUT2D eigenvalue weighted by molar-refractivity contribution is -0.125. The van der Waals surface area contributed by atoms with Gasteiger partial charge in [0.2, 0.25) is 5.91 Å². The molecule has 0 aromatic rings. The molecule has 1 heterocycles. The van der Waals surface area contributed by atoms with E-state index in [1.54, 1.807) is 0 Å². The number of amides is 1. The molecule has 0 aromatic heterocycles. The first-order valence-electron chi connectivity index (χ1n) is 6.46. The second kappa shape index (κ2) is 8.97. The largest absolute Gasteiger partial charge is 0.355 e. The molecule has 6 heteroatoms. The van der Waals surface area contributed by atoms with Crippen LogP contribution >= 0.6 is 24.8 Å². The van der Waals surface area contributed by atoms with Crippen molar-refractivity contribution in [1.29, 1.82) is 0 Å². The lowest BCUT2D eigenvalue weighted by Crippen LogP contribution is -2.42. The number of likely N-dealkylation sites (N-methyl/N-ethyl adjacent to an activating group) is 1. The Labute approximate surface area is 122 Å². The third-order valence-electron chi connectivity index (χ3n) is 3.60. The smallest absolute Gasteiger partial charge is 0.224 e. The molecule has 1 aliphatic heterocycles. The third-order valence-corrected chi connectivity index (χ3v) is 3.60. The first kappa shape index (κ1) is 18.0. The van der Waals surface area contributed by atoms with Crippen LogP contribution in [0, 0.1) is 5.92 Å². The van der Waals surface area contributed by atoms with Crippen molar-refractivity contribution in [3.8, 4) is 0 Å². The second-order valence-corrected chi connectivity index (χ2v) is 5.05. The first-order valence-corrected chi connectivity index (χ1v) is 6.46. The van der Waals surface area contributed by atoms with Crippen molar-refractivity contribution in [3.63, 3.8) is 0 Å². The van der Waals surface area contributed by atoms with Gasteiger partial charge in [0.15, 0.2) is 0 Å². The van der Waals surface area contributed by atoms with Crippen molar-refractivity contribution in [2.75, 3.05) is 33.2 Å². The van der Waals surface area contributed by atoms with Crippen molar-refractivity contribution in [1.82, 2.24) is 15.5 Å². The lowest BCUT2D eigenvalue weighted by atomic mass is 9.99. The van der Waals surface area contributed by atoms with Crippen LogP contribution < -0.4 is 10.6 Å². The van der Waals surface area contributed by atoms with Crippen LogP contribution in [0.3, 0.4) is 0 Å². The standard InChI is InChI=1S/C12H23N3O.2ClH/c1-15(11-4-5-11)8-7-14-12(16)10-3-2-6-13-9-10;;/h10-11,13H,2-9H2,1H3,(H,14,16);2*1H. The van der Waals surface area contributed by atoms with E-state index in [0.717, 1.165) is 45.1 Å². The Kier molecular flexibility index (Phi) is 8.95. The Morgan fingerprint density at radius 1 is 1.33 bits per heavy atom. The van der Waals surface area contributed by atoms with Gasteiger partial charge < -0.3 is 15.5 Å². The minimum atomic E-state index is 0. The Balaban J connectivity index is 0.00000144. The van der Waals surface area contributed by atoms with E-state index in [9.17, 15) is 4.79 Å². The van der Waals surface area contributed by atoms with Crippen LogP contribution in [0.1, 0.15) is 25.7 Å². The summed E-state index contributed by atoms with van der Waals surface area (Å²) in [4.78, 5) is 14.1. The second-order valence-electron chi connectivity index (χ2n) is 5.05. The highest BCUT2D eigenvalue weighted by molar-refractivity contribution is 5.85. The van der Waals surface area contributed by atoms with Crippen LogP contribution in [-0.4, -0.2) is 50.1 Å². The Bertz CT molecular complexity index is 243. The molecule has 2 rings (SSSR count). The highest BCUT2D eigenvalue weighted by atomic mass is 35.5. The van der Waals surface area contributed by atoms with Gasteiger partial charge in [-0.05, 0) is 39.3 Å². The van der Waals surface area contributed by atoms with Gasteiger partial charge in [0.05, 0.1) is 5.92 Å². The number of carbonyl (C=O) groups excluding carboxylic acids is 1. The maximum atomic E-state index is 11.8. The molecular weight excluding hydrogens is 273 g/mol. The van der Waals surface area contributed by atoms with E-state index in [-0.39, 0.29) is 36.6 Å². The van der Waals surface area contributed by atoms with E-state index in [2.05, 4.69) is 22.6 Å². The Morgan fingerprint density at radius 2 is 2.06 bits per heavy atom. The molecule has 0 bridgehead atoms. The van der Waals surface area contributed by atoms with Crippen molar-refractivity contribution >= 4 is 30.7 Å². The summed E-state index contributed by atoms with van der Waals surface area (Å²) >= 11 is 0. The van der Waals surface area contributed by atoms with E-state index < -0.39 is 0 Å². The zero-order valence-electron chi connectivity index (χ0n) is 11.0. The molecule has 4 nitrogen and oxygen atoms in total. The number of hydrogen-bond donors (Lipinski definition) is 2. The van der Waals surface area contributed by atoms with Gasteiger partial charge in [-0.1, -0.05) is 0 Å². The van der Waals surface area contributed by atoms with Crippen molar-refractivity contribution in [2.45, 2.75) is 31.7 Å². The highest BCUT2D eigenvalue weighted by Crippen LogP contribution is 2.24. The zero-order valence-corrected chi connectivity index (χ0v) is 12.6. The van der Waals surface area contributed by atoms with Crippen molar-refractivity contribution in [3.05, 3.63) is 0 Å². The summed E-state index contributed by atoms with van der Waals surface area (Å²) in [6, 6.07) is 0.785. The average molecular weight is 298 g/mol. The molecule has 1 saturated heterocycles. The number of nitrogens with one attached hydrogen (secondary N) is 2. The van der Waals surface area contributed by atoms with Gasteiger partial charge in [0.1, 0.15) is 0 Å². The molecule has 0 aromatic carbocycles. The van der Waals surface area contributed by atoms with Crippen LogP contribution in [0.4, 0.5) is 0 Å². The fourth-order valence-electron chi connectivity index (χ4n) is 2.27. The average Bonchev–Trinajstić information content (AvgIpc) is 3.14. The summed E-state index contributed by atoms with van der Waals surface area (Å²) < 4.78 is 0.